The predicted octanol–water partition coefficient (Wildman–Crippen LogP) is 3.90. The second kappa shape index (κ2) is 7.40. The van der Waals surface area contributed by atoms with Crippen LogP contribution in [0.2, 0.25) is 0 Å². The lowest BCUT2D eigenvalue weighted by atomic mass is 9.95. The number of aromatic nitrogens is 1. The summed E-state index contributed by atoms with van der Waals surface area (Å²) in [4.78, 5) is 20.3. The summed E-state index contributed by atoms with van der Waals surface area (Å²) < 4.78 is 0. The molecule has 0 saturated carbocycles. The average Bonchev–Trinajstić information content (AvgIpc) is 3.13. The molecular weight excluding hydrogens is 342 g/mol. The van der Waals surface area contributed by atoms with Crippen LogP contribution in [0, 0.1) is 0 Å². The van der Waals surface area contributed by atoms with Crippen LogP contribution in [-0.2, 0) is 6.42 Å². The highest BCUT2D eigenvalue weighted by atomic mass is 32.1. The third-order valence-electron chi connectivity index (χ3n) is 4.92. The Morgan fingerprint density at radius 3 is 2.77 bits per heavy atom. The summed E-state index contributed by atoms with van der Waals surface area (Å²) in [6.07, 6.45) is 5.27. The third kappa shape index (κ3) is 3.04. The van der Waals surface area contributed by atoms with Gasteiger partial charge >= 0.3 is 0 Å². The summed E-state index contributed by atoms with van der Waals surface area (Å²) in [5.74, 6) is 0.119. The molecule has 0 fully saturated rings. The van der Waals surface area contributed by atoms with Crippen LogP contribution in [0.25, 0.3) is 11.1 Å². The number of thiophene rings is 1. The number of carbonyl (C=O) groups excluding carboxylic acids is 1. The number of nitrogens with two attached hydrogens (primary N) is 1. The summed E-state index contributed by atoms with van der Waals surface area (Å²) in [5.41, 5.74) is 10.4. The highest BCUT2D eigenvalue weighted by Gasteiger charge is 2.33. The molecule has 2 N–H and O–H groups in total. The Kier molecular flexibility index (Phi) is 4.82. The van der Waals surface area contributed by atoms with Crippen LogP contribution < -0.4 is 5.73 Å². The quantitative estimate of drug-likeness (QED) is 0.748. The van der Waals surface area contributed by atoms with E-state index in [4.69, 9.17) is 5.73 Å². The number of benzene rings is 1. The number of hydrogen-bond donors (Lipinski definition) is 1. The fourth-order valence-corrected chi connectivity index (χ4v) is 4.76. The van der Waals surface area contributed by atoms with E-state index in [9.17, 15) is 4.79 Å². The fourth-order valence-electron chi connectivity index (χ4n) is 3.67. The molecule has 1 atom stereocenters. The Morgan fingerprint density at radius 2 is 2.04 bits per heavy atom. The fraction of sp³-hybridized carbons (Fsp3) is 0.238. The van der Waals surface area contributed by atoms with Gasteiger partial charge in [0.25, 0.3) is 5.91 Å². The molecule has 1 aliphatic rings. The first-order chi connectivity index (χ1) is 12.8. The Labute approximate surface area is 157 Å². The van der Waals surface area contributed by atoms with Gasteiger partial charge in [-0.3, -0.25) is 9.78 Å². The highest BCUT2D eigenvalue weighted by molar-refractivity contribution is 7.12. The molecule has 0 radical (unpaired) electrons. The number of fused-ring (bicyclic) bond motifs is 1. The number of amides is 1. The molecule has 26 heavy (non-hydrogen) atoms. The molecule has 0 spiro atoms. The van der Waals surface area contributed by atoms with E-state index in [0.717, 1.165) is 46.5 Å². The van der Waals surface area contributed by atoms with Gasteiger partial charge in [0.15, 0.2) is 0 Å². The standard InChI is InChI=1S/C21H21N3OS/c22-10-8-19(15-5-2-1-3-6-15)24-12-9-17-18(14-26-20(17)21(24)25)16-7-4-11-23-13-16/h1-7,11,13-14,19H,8-10,12,22H2. The molecule has 1 aromatic carbocycles. The molecule has 5 heteroatoms. The molecule has 1 unspecified atom stereocenters. The SMILES string of the molecule is NCCC(c1ccccc1)N1CCc2c(-c3cccnc3)csc2C1=O. The number of carbonyl (C=O) groups is 1. The normalized spacial score (nSPS) is 15.0. The second-order valence-electron chi connectivity index (χ2n) is 6.45. The lowest BCUT2D eigenvalue weighted by molar-refractivity contribution is 0.0656. The zero-order valence-electron chi connectivity index (χ0n) is 14.5. The molecule has 3 heterocycles. The van der Waals surface area contributed by atoms with Gasteiger partial charge < -0.3 is 10.6 Å². The van der Waals surface area contributed by atoms with Crippen molar-refractivity contribution in [2.45, 2.75) is 18.9 Å². The van der Waals surface area contributed by atoms with Gasteiger partial charge in [0, 0.05) is 24.5 Å². The van der Waals surface area contributed by atoms with Crippen molar-refractivity contribution in [2.24, 2.45) is 5.73 Å². The minimum absolute atomic E-state index is 0.0331. The van der Waals surface area contributed by atoms with Crippen molar-refractivity contribution in [3.8, 4) is 11.1 Å². The Hall–Kier alpha value is -2.50. The maximum Gasteiger partial charge on any atom is 0.264 e. The summed E-state index contributed by atoms with van der Waals surface area (Å²) >= 11 is 1.54. The predicted molar refractivity (Wildman–Crippen MR) is 105 cm³/mol. The molecule has 0 saturated heterocycles. The molecule has 3 aromatic rings. The largest absolute Gasteiger partial charge is 0.331 e. The van der Waals surface area contributed by atoms with Crippen molar-refractivity contribution >= 4 is 17.2 Å². The molecule has 4 nitrogen and oxygen atoms in total. The molecule has 1 amide bonds. The smallest absolute Gasteiger partial charge is 0.264 e. The first kappa shape index (κ1) is 16.9. The van der Waals surface area contributed by atoms with E-state index in [1.165, 1.54) is 11.3 Å². The van der Waals surface area contributed by atoms with Crippen LogP contribution in [-0.4, -0.2) is 28.9 Å². The minimum atomic E-state index is 0.0331. The van der Waals surface area contributed by atoms with Crippen LogP contribution in [0.4, 0.5) is 0 Å². The number of hydrogen-bond acceptors (Lipinski definition) is 4. The third-order valence-corrected chi connectivity index (χ3v) is 5.94. The van der Waals surface area contributed by atoms with E-state index in [1.54, 1.807) is 6.20 Å². The summed E-state index contributed by atoms with van der Waals surface area (Å²) in [5, 5.41) is 2.09. The summed E-state index contributed by atoms with van der Waals surface area (Å²) in [6, 6.07) is 14.2. The zero-order valence-corrected chi connectivity index (χ0v) is 15.3. The van der Waals surface area contributed by atoms with Crippen LogP contribution in [0.5, 0.6) is 0 Å². The molecular formula is C21H21N3OS. The Balaban J connectivity index is 1.67. The Morgan fingerprint density at radius 1 is 1.19 bits per heavy atom. The molecule has 132 valence electrons. The summed E-state index contributed by atoms with van der Waals surface area (Å²) in [6.45, 7) is 1.27. The van der Waals surface area contributed by atoms with Gasteiger partial charge in [-0.05, 0) is 47.5 Å². The van der Waals surface area contributed by atoms with Crippen molar-refractivity contribution in [3.05, 3.63) is 76.2 Å². The van der Waals surface area contributed by atoms with Crippen molar-refractivity contribution in [1.29, 1.82) is 0 Å². The average molecular weight is 363 g/mol. The maximum atomic E-state index is 13.2. The minimum Gasteiger partial charge on any atom is -0.331 e. The molecule has 4 rings (SSSR count). The summed E-state index contributed by atoms with van der Waals surface area (Å²) in [7, 11) is 0. The monoisotopic (exact) mass is 363 g/mol. The highest BCUT2D eigenvalue weighted by Crippen LogP contribution is 2.38. The maximum absolute atomic E-state index is 13.2. The molecule has 1 aliphatic heterocycles. The lowest BCUT2D eigenvalue weighted by Crippen LogP contribution is -2.40. The van der Waals surface area contributed by atoms with E-state index < -0.39 is 0 Å². The molecule has 0 bridgehead atoms. The van der Waals surface area contributed by atoms with Crippen LogP contribution in [0.15, 0.2) is 60.2 Å². The van der Waals surface area contributed by atoms with E-state index in [-0.39, 0.29) is 11.9 Å². The molecule has 0 aliphatic carbocycles. The number of nitrogens with zero attached hydrogens (tertiary/aromatic N) is 2. The van der Waals surface area contributed by atoms with E-state index in [1.807, 2.05) is 41.4 Å². The van der Waals surface area contributed by atoms with E-state index in [0.29, 0.717) is 6.54 Å². The van der Waals surface area contributed by atoms with Crippen LogP contribution in [0.3, 0.4) is 0 Å². The van der Waals surface area contributed by atoms with Crippen molar-refractivity contribution in [3.63, 3.8) is 0 Å². The topological polar surface area (TPSA) is 59.2 Å². The van der Waals surface area contributed by atoms with Crippen LogP contribution in [0.1, 0.15) is 33.3 Å². The van der Waals surface area contributed by atoms with Gasteiger partial charge in [0.1, 0.15) is 0 Å². The van der Waals surface area contributed by atoms with E-state index in [2.05, 4.69) is 22.5 Å². The van der Waals surface area contributed by atoms with Crippen molar-refractivity contribution in [2.75, 3.05) is 13.1 Å². The number of rotatable bonds is 5. The first-order valence-corrected chi connectivity index (χ1v) is 9.74. The molecule has 2 aromatic heterocycles. The first-order valence-electron chi connectivity index (χ1n) is 8.86. The number of pyridine rings is 1. The van der Waals surface area contributed by atoms with Gasteiger partial charge in [-0.1, -0.05) is 36.4 Å². The van der Waals surface area contributed by atoms with Gasteiger partial charge in [-0.15, -0.1) is 11.3 Å². The van der Waals surface area contributed by atoms with Gasteiger partial charge in [-0.2, -0.15) is 0 Å². The lowest BCUT2D eigenvalue weighted by Gasteiger charge is -2.35. The van der Waals surface area contributed by atoms with Crippen molar-refractivity contribution < 1.29 is 4.79 Å². The van der Waals surface area contributed by atoms with Crippen LogP contribution >= 0.6 is 11.3 Å². The van der Waals surface area contributed by atoms with Gasteiger partial charge in [-0.25, -0.2) is 0 Å². The second-order valence-corrected chi connectivity index (χ2v) is 7.33. The van der Waals surface area contributed by atoms with E-state index >= 15 is 0 Å². The zero-order chi connectivity index (χ0) is 17.9. The van der Waals surface area contributed by atoms with Gasteiger partial charge in [0.2, 0.25) is 0 Å². The Bertz CT molecular complexity index is 892. The van der Waals surface area contributed by atoms with Gasteiger partial charge in [0.05, 0.1) is 10.9 Å². The van der Waals surface area contributed by atoms with Crippen molar-refractivity contribution in [1.82, 2.24) is 9.88 Å².